The highest BCUT2D eigenvalue weighted by molar-refractivity contribution is 14.0. The minimum absolute atomic E-state index is 0. The van der Waals surface area contributed by atoms with Crippen molar-refractivity contribution in [2.45, 2.75) is 71.9 Å². The van der Waals surface area contributed by atoms with Crippen LogP contribution in [0.15, 0.2) is 4.99 Å². The third-order valence-electron chi connectivity index (χ3n) is 6.23. The molecule has 3 aliphatic heterocycles. The molecule has 3 unspecified atom stereocenters. The van der Waals surface area contributed by atoms with Gasteiger partial charge < -0.3 is 15.0 Å². The van der Waals surface area contributed by atoms with E-state index < -0.39 is 0 Å². The molecule has 0 aliphatic carbocycles. The fourth-order valence-electron chi connectivity index (χ4n) is 4.96. The Bertz CT molecular complexity index is 473. The number of nitrogens with zero attached hydrogens (tertiary/aromatic N) is 3. The van der Waals surface area contributed by atoms with Crippen molar-refractivity contribution in [3.63, 3.8) is 0 Å². The normalized spacial score (nSPS) is 30.4. The third kappa shape index (κ3) is 6.20. The van der Waals surface area contributed by atoms with Crippen molar-refractivity contribution in [1.29, 1.82) is 0 Å². The van der Waals surface area contributed by atoms with Gasteiger partial charge in [-0.1, -0.05) is 20.8 Å². The third-order valence-corrected chi connectivity index (χ3v) is 6.23. The highest BCUT2D eigenvalue weighted by atomic mass is 127. The predicted molar refractivity (Wildman–Crippen MR) is 124 cm³/mol. The molecule has 0 bridgehead atoms. The molecule has 0 amide bonds. The fraction of sp³-hybridized carbons (Fsp3) is 0.952. The highest BCUT2D eigenvalue weighted by Crippen LogP contribution is 2.34. The van der Waals surface area contributed by atoms with E-state index in [0.717, 1.165) is 44.8 Å². The molecular weight excluding hydrogens is 451 g/mol. The minimum Gasteiger partial charge on any atom is -0.377 e. The maximum Gasteiger partial charge on any atom is 0.193 e. The van der Waals surface area contributed by atoms with E-state index in [4.69, 9.17) is 9.73 Å². The number of halogens is 1. The first-order valence-electron chi connectivity index (χ1n) is 10.9. The second kappa shape index (κ2) is 10.6. The van der Waals surface area contributed by atoms with Crippen molar-refractivity contribution in [3.8, 4) is 0 Å². The summed E-state index contributed by atoms with van der Waals surface area (Å²) in [4.78, 5) is 10.3. The summed E-state index contributed by atoms with van der Waals surface area (Å²) in [6.45, 7) is 16.6. The quantitative estimate of drug-likeness (QED) is 0.370. The van der Waals surface area contributed by atoms with Crippen LogP contribution in [-0.2, 0) is 4.74 Å². The monoisotopic (exact) mass is 492 g/mol. The van der Waals surface area contributed by atoms with Crippen molar-refractivity contribution in [2.75, 3.05) is 45.9 Å². The molecular formula is C21H41IN4O. The number of likely N-dealkylation sites (tertiary alicyclic amines) is 2. The molecule has 0 radical (unpaired) electrons. The average molecular weight is 492 g/mol. The largest absolute Gasteiger partial charge is 0.377 e. The molecule has 0 spiro atoms. The Morgan fingerprint density at radius 1 is 1.11 bits per heavy atom. The molecule has 3 aliphatic rings. The van der Waals surface area contributed by atoms with Crippen LogP contribution in [0.1, 0.15) is 59.8 Å². The Labute approximate surface area is 183 Å². The van der Waals surface area contributed by atoms with Gasteiger partial charge in [0.15, 0.2) is 5.96 Å². The predicted octanol–water partition coefficient (Wildman–Crippen LogP) is 3.58. The van der Waals surface area contributed by atoms with Gasteiger partial charge in [0, 0.05) is 44.7 Å². The summed E-state index contributed by atoms with van der Waals surface area (Å²) in [6.07, 6.45) is 6.76. The molecule has 0 aromatic carbocycles. The van der Waals surface area contributed by atoms with Crippen LogP contribution < -0.4 is 5.32 Å². The van der Waals surface area contributed by atoms with Crippen LogP contribution >= 0.6 is 24.0 Å². The van der Waals surface area contributed by atoms with Gasteiger partial charge in [0.2, 0.25) is 0 Å². The van der Waals surface area contributed by atoms with Crippen molar-refractivity contribution in [1.82, 2.24) is 15.1 Å². The lowest BCUT2D eigenvalue weighted by Gasteiger charge is -2.39. The molecule has 0 saturated carbocycles. The summed E-state index contributed by atoms with van der Waals surface area (Å²) in [5, 5.41) is 3.55. The van der Waals surface area contributed by atoms with E-state index in [1.54, 1.807) is 0 Å². The topological polar surface area (TPSA) is 40.1 Å². The van der Waals surface area contributed by atoms with Gasteiger partial charge in [-0.05, 0) is 57.5 Å². The van der Waals surface area contributed by atoms with Gasteiger partial charge in [-0.3, -0.25) is 9.89 Å². The molecule has 3 atom stereocenters. The maximum atomic E-state index is 6.15. The molecule has 6 heteroatoms. The Hall–Kier alpha value is -0.0800. The first-order valence-corrected chi connectivity index (χ1v) is 10.9. The Morgan fingerprint density at radius 2 is 1.85 bits per heavy atom. The molecule has 1 N–H and O–H groups in total. The van der Waals surface area contributed by atoms with Crippen molar-refractivity contribution in [3.05, 3.63) is 0 Å². The fourth-order valence-corrected chi connectivity index (χ4v) is 4.96. The van der Waals surface area contributed by atoms with Crippen LogP contribution in [0.4, 0.5) is 0 Å². The lowest BCUT2D eigenvalue weighted by molar-refractivity contribution is -0.0824. The molecule has 3 heterocycles. The second-order valence-electron chi connectivity index (χ2n) is 9.39. The van der Waals surface area contributed by atoms with Crippen molar-refractivity contribution >= 4 is 29.9 Å². The van der Waals surface area contributed by atoms with E-state index in [1.807, 2.05) is 0 Å². The molecule has 158 valence electrons. The number of guanidine groups is 1. The summed E-state index contributed by atoms with van der Waals surface area (Å²) < 4.78 is 6.15. The van der Waals surface area contributed by atoms with Crippen LogP contribution in [0.3, 0.4) is 0 Å². The van der Waals surface area contributed by atoms with Gasteiger partial charge in [-0.15, -0.1) is 24.0 Å². The Balaban J connectivity index is 0.00000261. The van der Waals surface area contributed by atoms with Crippen LogP contribution in [0.2, 0.25) is 0 Å². The van der Waals surface area contributed by atoms with Crippen LogP contribution in [-0.4, -0.2) is 73.8 Å². The lowest BCUT2D eigenvalue weighted by Crippen LogP contribution is -2.44. The molecule has 3 saturated heterocycles. The molecule has 0 aromatic rings. The Kier molecular flexibility index (Phi) is 9.13. The van der Waals surface area contributed by atoms with E-state index in [1.165, 1.54) is 45.2 Å². The molecule has 27 heavy (non-hydrogen) atoms. The zero-order valence-electron chi connectivity index (χ0n) is 17.9. The molecule has 3 fully saturated rings. The summed E-state index contributed by atoms with van der Waals surface area (Å²) in [5.74, 6) is 1.65. The zero-order chi connectivity index (χ0) is 18.6. The van der Waals surface area contributed by atoms with Gasteiger partial charge in [0.25, 0.3) is 0 Å². The van der Waals surface area contributed by atoms with E-state index in [-0.39, 0.29) is 29.4 Å². The van der Waals surface area contributed by atoms with Gasteiger partial charge in [0.1, 0.15) is 0 Å². The van der Waals surface area contributed by atoms with Gasteiger partial charge in [0.05, 0.1) is 6.10 Å². The van der Waals surface area contributed by atoms with E-state index >= 15 is 0 Å². The number of ether oxygens (including phenoxy) is 1. The number of aliphatic imine (C=N–C) groups is 1. The first kappa shape index (κ1) is 23.2. The Morgan fingerprint density at radius 3 is 2.52 bits per heavy atom. The summed E-state index contributed by atoms with van der Waals surface area (Å²) in [7, 11) is 0. The number of hydrogen-bond donors (Lipinski definition) is 1. The summed E-state index contributed by atoms with van der Waals surface area (Å²) >= 11 is 0. The number of nitrogens with one attached hydrogen (secondary N) is 1. The van der Waals surface area contributed by atoms with Crippen LogP contribution in [0.5, 0.6) is 0 Å². The average Bonchev–Trinajstić information content (AvgIpc) is 3.29. The van der Waals surface area contributed by atoms with Crippen LogP contribution in [0.25, 0.3) is 0 Å². The maximum absolute atomic E-state index is 6.15. The molecule has 3 rings (SSSR count). The van der Waals surface area contributed by atoms with Gasteiger partial charge >= 0.3 is 0 Å². The summed E-state index contributed by atoms with van der Waals surface area (Å²) in [5.41, 5.74) is 0.188. The zero-order valence-corrected chi connectivity index (χ0v) is 20.2. The van der Waals surface area contributed by atoms with Crippen molar-refractivity contribution < 1.29 is 4.74 Å². The minimum atomic E-state index is 0. The number of hydrogen-bond acceptors (Lipinski definition) is 3. The smallest absolute Gasteiger partial charge is 0.193 e. The lowest BCUT2D eigenvalue weighted by atomic mass is 9.78. The van der Waals surface area contributed by atoms with E-state index in [2.05, 4.69) is 42.8 Å². The van der Waals surface area contributed by atoms with E-state index in [0.29, 0.717) is 12.0 Å². The molecule has 5 nitrogen and oxygen atoms in total. The number of rotatable bonds is 4. The van der Waals surface area contributed by atoms with Gasteiger partial charge in [-0.2, -0.15) is 0 Å². The highest BCUT2D eigenvalue weighted by Gasteiger charge is 2.36. The van der Waals surface area contributed by atoms with Gasteiger partial charge in [-0.25, -0.2) is 0 Å². The van der Waals surface area contributed by atoms with Crippen LogP contribution in [0, 0.1) is 11.3 Å². The second-order valence-corrected chi connectivity index (χ2v) is 9.39. The van der Waals surface area contributed by atoms with Crippen molar-refractivity contribution in [2.24, 2.45) is 16.3 Å². The summed E-state index contributed by atoms with van der Waals surface area (Å²) in [6, 6.07) is 0.724. The van der Waals surface area contributed by atoms with E-state index in [9.17, 15) is 0 Å². The standard InChI is InChI=1S/C21H40N4O.HI/c1-5-22-20(25-13-10-18(16-25)24-11-6-7-12-24)23-15-17-9-8-14-26-19(17)21(2,3)4;/h17-19H,5-16H2,1-4H3,(H,22,23);1H. The first-order chi connectivity index (χ1) is 12.5. The molecule has 0 aromatic heterocycles. The SMILES string of the molecule is CCNC(=NCC1CCCOC1C(C)(C)C)N1CCC(N2CCCC2)C1.I.